The van der Waals surface area contributed by atoms with Gasteiger partial charge < -0.3 is 11.1 Å². The van der Waals surface area contributed by atoms with Crippen molar-refractivity contribution in [2.24, 2.45) is 5.73 Å². The Morgan fingerprint density at radius 2 is 1.95 bits per heavy atom. The highest BCUT2D eigenvalue weighted by Gasteiger charge is 2.19. The molecule has 2 aromatic carbocycles. The molecule has 1 aliphatic heterocycles. The molecule has 1 amide bonds. The summed E-state index contributed by atoms with van der Waals surface area (Å²) in [4.78, 5) is 11.9. The lowest BCUT2D eigenvalue weighted by Crippen LogP contribution is -2.32. The Hall–Kier alpha value is -1.17. The Morgan fingerprint density at radius 3 is 2.71 bits per heavy atom. The van der Waals surface area contributed by atoms with E-state index < -0.39 is 0 Å². The van der Waals surface area contributed by atoms with E-state index in [4.69, 9.17) is 5.73 Å². The first kappa shape index (κ1) is 14.8. The summed E-state index contributed by atoms with van der Waals surface area (Å²) in [6.45, 7) is 0.704. The molecule has 2 aromatic rings. The summed E-state index contributed by atoms with van der Waals surface area (Å²) in [7, 11) is 0. The van der Waals surface area contributed by atoms with Crippen LogP contribution in [0.3, 0.4) is 0 Å². The van der Waals surface area contributed by atoms with Gasteiger partial charge in [0.25, 0.3) is 5.91 Å². The van der Waals surface area contributed by atoms with Crippen LogP contribution in [0.5, 0.6) is 0 Å². The summed E-state index contributed by atoms with van der Waals surface area (Å²) in [6, 6.07) is 11.6. The number of halogens is 2. The van der Waals surface area contributed by atoms with Crippen LogP contribution in [0.25, 0.3) is 0 Å². The van der Waals surface area contributed by atoms with Crippen molar-refractivity contribution in [1.82, 2.24) is 5.32 Å². The molecular weight excluding hydrogens is 396 g/mol. The van der Waals surface area contributed by atoms with Crippen LogP contribution in [0.2, 0.25) is 0 Å². The fraction of sp³-hybridized carbons (Fsp3) is 0.188. The van der Waals surface area contributed by atoms with Gasteiger partial charge in [-0.05, 0) is 41.3 Å². The van der Waals surface area contributed by atoms with E-state index >= 15 is 0 Å². The maximum absolute atomic E-state index is 11.9. The summed E-state index contributed by atoms with van der Waals surface area (Å²) in [5.41, 5.74) is 10.1. The molecule has 1 aliphatic rings. The van der Waals surface area contributed by atoms with Crippen molar-refractivity contribution in [3.63, 3.8) is 0 Å². The first-order chi connectivity index (χ1) is 10.1. The molecule has 1 atom stereocenters. The second kappa shape index (κ2) is 5.91. The van der Waals surface area contributed by atoms with Crippen LogP contribution in [-0.2, 0) is 6.42 Å². The number of hydrogen-bond donors (Lipinski definition) is 2. The minimum absolute atomic E-state index is 0.0137. The van der Waals surface area contributed by atoms with E-state index in [9.17, 15) is 4.79 Å². The minimum Gasteiger partial charge on any atom is -0.352 e. The molecular formula is C16H14Br2N2O. The third-order valence-corrected chi connectivity index (χ3v) is 4.90. The van der Waals surface area contributed by atoms with E-state index in [0.29, 0.717) is 6.54 Å². The van der Waals surface area contributed by atoms with Gasteiger partial charge in [0.2, 0.25) is 0 Å². The van der Waals surface area contributed by atoms with Gasteiger partial charge in [-0.1, -0.05) is 50.1 Å². The number of carbonyl (C=O) groups is 1. The highest BCUT2D eigenvalue weighted by Crippen LogP contribution is 2.30. The lowest BCUT2D eigenvalue weighted by molar-refractivity contribution is 0.0946. The Kier molecular flexibility index (Phi) is 4.15. The molecule has 5 heteroatoms. The quantitative estimate of drug-likeness (QED) is 0.796. The van der Waals surface area contributed by atoms with Gasteiger partial charge in [0.15, 0.2) is 0 Å². The van der Waals surface area contributed by atoms with E-state index in [-0.39, 0.29) is 11.9 Å². The van der Waals surface area contributed by atoms with Gasteiger partial charge in [-0.3, -0.25) is 4.79 Å². The standard InChI is InChI=1S/C16H14Br2N2O/c17-11-3-4-12(14(18)8-11)15(19)10-2-1-9-5-6-20-16(21)13(9)7-10/h1-4,7-8,15H,5-6,19H2,(H,20,21). The third-order valence-electron chi connectivity index (χ3n) is 3.72. The van der Waals surface area contributed by atoms with Gasteiger partial charge in [-0.15, -0.1) is 0 Å². The molecule has 0 spiro atoms. The number of benzene rings is 2. The van der Waals surface area contributed by atoms with Crippen molar-refractivity contribution >= 4 is 37.8 Å². The minimum atomic E-state index is -0.271. The molecule has 0 bridgehead atoms. The number of fused-ring (bicyclic) bond motifs is 1. The van der Waals surface area contributed by atoms with Gasteiger partial charge in [0, 0.05) is 21.1 Å². The molecule has 108 valence electrons. The first-order valence-corrected chi connectivity index (χ1v) is 8.26. The Balaban J connectivity index is 2.00. The molecule has 0 aliphatic carbocycles. The summed E-state index contributed by atoms with van der Waals surface area (Å²) >= 11 is 6.98. The highest BCUT2D eigenvalue weighted by atomic mass is 79.9. The first-order valence-electron chi connectivity index (χ1n) is 6.68. The van der Waals surface area contributed by atoms with Crippen molar-refractivity contribution in [2.75, 3.05) is 6.54 Å². The lowest BCUT2D eigenvalue weighted by Gasteiger charge is -2.20. The third kappa shape index (κ3) is 2.91. The Morgan fingerprint density at radius 1 is 1.14 bits per heavy atom. The van der Waals surface area contributed by atoms with Crippen LogP contribution in [0.4, 0.5) is 0 Å². The fourth-order valence-electron chi connectivity index (χ4n) is 2.56. The van der Waals surface area contributed by atoms with E-state index in [1.807, 2.05) is 36.4 Å². The molecule has 0 fully saturated rings. The predicted molar refractivity (Wildman–Crippen MR) is 90.4 cm³/mol. The monoisotopic (exact) mass is 408 g/mol. The zero-order chi connectivity index (χ0) is 15.0. The van der Waals surface area contributed by atoms with Crippen molar-refractivity contribution < 1.29 is 4.79 Å². The summed E-state index contributed by atoms with van der Waals surface area (Å²) in [5.74, 6) is -0.0137. The lowest BCUT2D eigenvalue weighted by atomic mass is 9.93. The van der Waals surface area contributed by atoms with Crippen molar-refractivity contribution in [3.8, 4) is 0 Å². The maximum atomic E-state index is 11.9. The van der Waals surface area contributed by atoms with Crippen molar-refractivity contribution in [3.05, 3.63) is 67.6 Å². The molecule has 0 radical (unpaired) electrons. The van der Waals surface area contributed by atoms with Gasteiger partial charge in [-0.2, -0.15) is 0 Å². The van der Waals surface area contributed by atoms with Crippen LogP contribution >= 0.6 is 31.9 Å². The number of hydrogen-bond acceptors (Lipinski definition) is 2. The Bertz CT molecular complexity index is 715. The van der Waals surface area contributed by atoms with E-state index in [1.165, 1.54) is 0 Å². The Labute approximate surface area is 140 Å². The SMILES string of the molecule is NC(c1ccc2c(c1)C(=O)NCC2)c1ccc(Br)cc1Br. The topological polar surface area (TPSA) is 55.1 Å². The van der Waals surface area contributed by atoms with E-state index in [2.05, 4.69) is 37.2 Å². The molecule has 0 saturated carbocycles. The molecule has 0 aromatic heterocycles. The molecule has 21 heavy (non-hydrogen) atoms. The van der Waals surface area contributed by atoms with Gasteiger partial charge in [0.1, 0.15) is 0 Å². The number of amides is 1. The van der Waals surface area contributed by atoms with E-state index in [0.717, 1.165) is 37.6 Å². The van der Waals surface area contributed by atoms with Crippen LogP contribution in [0.15, 0.2) is 45.3 Å². The highest BCUT2D eigenvalue weighted by molar-refractivity contribution is 9.11. The molecule has 0 saturated heterocycles. The molecule has 1 unspecified atom stereocenters. The maximum Gasteiger partial charge on any atom is 0.251 e. The normalized spacial score (nSPS) is 15.3. The van der Waals surface area contributed by atoms with Gasteiger partial charge in [0.05, 0.1) is 6.04 Å². The number of nitrogens with two attached hydrogens (primary N) is 1. The summed E-state index contributed by atoms with van der Waals surface area (Å²) < 4.78 is 1.95. The zero-order valence-corrected chi connectivity index (χ0v) is 14.4. The van der Waals surface area contributed by atoms with Gasteiger partial charge >= 0.3 is 0 Å². The van der Waals surface area contributed by atoms with Crippen molar-refractivity contribution in [2.45, 2.75) is 12.5 Å². The van der Waals surface area contributed by atoms with Gasteiger partial charge in [-0.25, -0.2) is 0 Å². The van der Waals surface area contributed by atoms with Crippen LogP contribution in [0, 0.1) is 0 Å². The molecule has 3 nitrogen and oxygen atoms in total. The molecule has 1 heterocycles. The average molecular weight is 410 g/mol. The summed E-state index contributed by atoms with van der Waals surface area (Å²) in [6.07, 6.45) is 0.874. The van der Waals surface area contributed by atoms with Crippen LogP contribution < -0.4 is 11.1 Å². The van der Waals surface area contributed by atoms with Crippen molar-refractivity contribution in [1.29, 1.82) is 0 Å². The number of carbonyl (C=O) groups excluding carboxylic acids is 1. The molecule has 3 N–H and O–H groups in total. The molecule has 3 rings (SSSR count). The number of nitrogens with one attached hydrogen (secondary N) is 1. The summed E-state index contributed by atoms with van der Waals surface area (Å²) in [5, 5.41) is 2.87. The number of rotatable bonds is 2. The van der Waals surface area contributed by atoms with Crippen LogP contribution in [0.1, 0.15) is 33.1 Å². The van der Waals surface area contributed by atoms with E-state index in [1.54, 1.807) is 0 Å². The predicted octanol–water partition coefficient (Wildman–Crippen LogP) is 3.55. The van der Waals surface area contributed by atoms with Crippen LogP contribution in [-0.4, -0.2) is 12.5 Å². The average Bonchev–Trinajstić information content (AvgIpc) is 2.47. The zero-order valence-electron chi connectivity index (χ0n) is 11.2. The second-order valence-electron chi connectivity index (χ2n) is 5.07. The largest absolute Gasteiger partial charge is 0.352 e. The fourth-order valence-corrected chi connectivity index (χ4v) is 3.85. The second-order valence-corrected chi connectivity index (χ2v) is 6.84. The smallest absolute Gasteiger partial charge is 0.251 e.